The summed E-state index contributed by atoms with van der Waals surface area (Å²) < 4.78 is 0. The Morgan fingerprint density at radius 2 is 2.00 bits per heavy atom. The van der Waals surface area contributed by atoms with Crippen LogP contribution in [0.15, 0.2) is 30.3 Å². The Kier molecular flexibility index (Phi) is 6.53. The van der Waals surface area contributed by atoms with E-state index in [2.05, 4.69) is 37.3 Å². The summed E-state index contributed by atoms with van der Waals surface area (Å²) in [6.45, 7) is 3.02. The maximum atomic E-state index is 5.56. The predicted molar refractivity (Wildman–Crippen MR) is 70.3 cm³/mol. The molecule has 0 spiro atoms. The summed E-state index contributed by atoms with van der Waals surface area (Å²) >= 11 is 2.03. The van der Waals surface area contributed by atoms with Gasteiger partial charge in [-0.3, -0.25) is 0 Å². The predicted octanol–water partition coefficient (Wildman–Crippen LogP) is 2.95. The highest BCUT2D eigenvalue weighted by atomic mass is 32.2. The fraction of sp³-hybridized carbons (Fsp3) is 0.538. The van der Waals surface area contributed by atoms with Crippen molar-refractivity contribution in [2.24, 2.45) is 11.7 Å². The van der Waals surface area contributed by atoms with Gasteiger partial charge in [-0.1, -0.05) is 37.3 Å². The first kappa shape index (κ1) is 12.6. The van der Waals surface area contributed by atoms with E-state index < -0.39 is 0 Å². The highest BCUT2D eigenvalue weighted by Crippen LogP contribution is 2.11. The third-order valence-electron chi connectivity index (χ3n) is 2.40. The minimum absolute atomic E-state index is 0.659. The van der Waals surface area contributed by atoms with Crippen molar-refractivity contribution in [3.8, 4) is 0 Å². The van der Waals surface area contributed by atoms with Crippen LogP contribution in [0.5, 0.6) is 0 Å². The molecule has 1 aromatic carbocycles. The van der Waals surface area contributed by atoms with E-state index in [0.29, 0.717) is 5.92 Å². The van der Waals surface area contributed by atoms with E-state index >= 15 is 0 Å². The zero-order chi connectivity index (χ0) is 10.9. The molecular weight excluding hydrogens is 202 g/mol. The van der Waals surface area contributed by atoms with Crippen LogP contribution in [0.2, 0.25) is 0 Å². The van der Waals surface area contributed by atoms with Crippen LogP contribution in [0.3, 0.4) is 0 Å². The van der Waals surface area contributed by atoms with Crippen LogP contribution in [0.1, 0.15) is 18.9 Å². The first-order chi connectivity index (χ1) is 7.33. The lowest BCUT2D eigenvalue weighted by Crippen LogP contribution is -2.12. The molecule has 0 aliphatic carbocycles. The summed E-state index contributed by atoms with van der Waals surface area (Å²) in [4.78, 5) is 0. The molecule has 1 atom stereocenters. The number of rotatable bonds is 7. The Morgan fingerprint density at radius 1 is 1.27 bits per heavy atom. The first-order valence-corrected chi connectivity index (χ1v) is 6.80. The normalized spacial score (nSPS) is 12.7. The molecule has 15 heavy (non-hydrogen) atoms. The summed E-state index contributed by atoms with van der Waals surface area (Å²) in [5.41, 5.74) is 7.01. The Bertz CT molecular complexity index is 248. The lowest BCUT2D eigenvalue weighted by molar-refractivity contribution is 0.675. The van der Waals surface area contributed by atoms with E-state index in [4.69, 9.17) is 5.73 Å². The van der Waals surface area contributed by atoms with Gasteiger partial charge in [-0.05, 0) is 42.4 Å². The highest BCUT2D eigenvalue weighted by molar-refractivity contribution is 7.99. The van der Waals surface area contributed by atoms with Gasteiger partial charge in [0.2, 0.25) is 0 Å². The van der Waals surface area contributed by atoms with Crippen LogP contribution in [0.25, 0.3) is 0 Å². The number of thioether (sulfide) groups is 1. The van der Waals surface area contributed by atoms with Crippen LogP contribution in [-0.2, 0) is 6.42 Å². The molecule has 0 amide bonds. The van der Waals surface area contributed by atoms with Crippen molar-refractivity contribution < 1.29 is 0 Å². The third kappa shape index (κ3) is 5.85. The molecule has 1 nitrogen and oxygen atoms in total. The lowest BCUT2D eigenvalue weighted by Gasteiger charge is -2.07. The molecule has 0 aliphatic rings. The summed E-state index contributed by atoms with van der Waals surface area (Å²) in [5.74, 6) is 3.11. The van der Waals surface area contributed by atoms with Gasteiger partial charge in [-0.25, -0.2) is 0 Å². The highest BCUT2D eigenvalue weighted by Gasteiger charge is 1.98. The Balaban J connectivity index is 2.03. The van der Waals surface area contributed by atoms with Crippen LogP contribution >= 0.6 is 11.8 Å². The quantitative estimate of drug-likeness (QED) is 0.719. The number of nitrogens with two attached hydrogens (primary N) is 1. The van der Waals surface area contributed by atoms with Gasteiger partial charge in [-0.15, -0.1) is 0 Å². The van der Waals surface area contributed by atoms with Crippen LogP contribution in [0.4, 0.5) is 0 Å². The topological polar surface area (TPSA) is 26.0 Å². The van der Waals surface area contributed by atoms with Gasteiger partial charge < -0.3 is 5.73 Å². The fourth-order valence-corrected chi connectivity index (χ4v) is 2.43. The molecule has 0 saturated carbocycles. The fourth-order valence-electron chi connectivity index (χ4n) is 1.38. The van der Waals surface area contributed by atoms with Gasteiger partial charge in [0.1, 0.15) is 0 Å². The molecule has 0 saturated heterocycles. The largest absolute Gasteiger partial charge is 0.330 e. The second-order valence-corrected chi connectivity index (χ2v) is 5.15. The molecule has 0 fully saturated rings. The average Bonchev–Trinajstić information content (AvgIpc) is 2.29. The van der Waals surface area contributed by atoms with Crippen molar-refractivity contribution in [1.82, 2.24) is 0 Å². The molecule has 2 heteroatoms. The van der Waals surface area contributed by atoms with E-state index in [-0.39, 0.29) is 0 Å². The Labute approximate surface area is 97.4 Å². The van der Waals surface area contributed by atoms with Crippen molar-refractivity contribution in [3.63, 3.8) is 0 Å². The van der Waals surface area contributed by atoms with Crippen molar-refractivity contribution in [3.05, 3.63) is 35.9 Å². The molecule has 0 bridgehead atoms. The van der Waals surface area contributed by atoms with E-state index in [9.17, 15) is 0 Å². The zero-order valence-corrected chi connectivity index (χ0v) is 10.3. The molecule has 84 valence electrons. The van der Waals surface area contributed by atoms with Crippen molar-refractivity contribution in [2.45, 2.75) is 19.8 Å². The number of benzene rings is 1. The molecule has 1 rings (SSSR count). The SMILES string of the molecule is CC(CN)CSCCCc1ccccc1. The minimum Gasteiger partial charge on any atom is -0.330 e. The second-order valence-electron chi connectivity index (χ2n) is 4.00. The molecule has 0 radical (unpaired) electrons. The number of hydrogen-bond donors (Lipinski definition) is 1. The third-order valence-corrected chi connectivity index (χ3v) is 3.78. The van der Waals surface area contributed by atoms with Gasteiger partial charge in [0.25, 0.3) is 0 Å². The monoisotopic (exact) mass is 223 g/mol. The maximum absolute atomic E-state index is 5.56. The van der Waals surface area contributed by atoms with Crippen molar-refractivity contribution in [1.29, 1.82) is 0 Å². The van der Waals surface area contributed by atoms with E-state index in [1.54, 1.807) is 0 Å². The number of hydrogen-bond acceptors (Lipinski definition) is 2. The standard InChI is InChI=1S/C13H21NS/c1-12(10-14)11-15-9-5-8-13-6-3-2-4-7-13/h2-4,6-7,12H,5,8-11,14H2,1H3. The van der Waals surface area contributed by atoms with E-state index in [1.807, 2.05) is 11.8 Å². The van der Waals surface area contributed by atoms with Gasteiger partial charge >= 0.3 is 0 Å². The van der Waals surface area contributed by atoms with Gasteiger partial charge in [-0.2, -0.15) is 11.8 Å². The van der Waals surface area contributed by atoms with Crippen LogP contribution in [0, 0.1) is 5.92 Å². The van der Waals surface area contributed by atoms with Crippen LogP contribution in [-0.4, -0.2) is 18.1 Å². The van der Waals surface area contributed by atoms with Crippen LogP contribution < -0.4 is 5.73 Å². The molecule has 2 N–H and O–H groups in total. The van der Waals surface area contributed by atoms with Crippen molar-refractivity contribution in [2.75, 3.05) is 18.1 Å². The molecular formula is C13H21NS. The summed E-state index contributed by atoms with van der Waals surface area (Å²) in [6, 6.07) is 10.7. The molecule has 0 aliphatic heterocycles. The van der Waals surface area contributed by atoms with Gasteiger partial charge in [0.15, 0.2) is 0 Å². The van der Waals surface area contributed by atoms with Gasteiger partial charge in [0.05, 0.1) is 0 Å². The summed E-state index contributed by atoms with van der Waals surface area (Å²) in [5, 5.41) is 0. The van der Waals surface area contributed by atoms with Crippen molar-refractivity contribution >= 4 is 11.8 Å². The smallest absolute Gasteiger partial charge is 0.00297 e. The second kappa shape index (κ2) is 7.77. The average molecular weight is 223 g/mol. The summed E-state index contributed by atoms with van der Waals surface area (Å²) in [6.07, 6.45) is 2.47. The van der Waals surface area contributed by atoms with Gasteiger partial charge in [0, 0.05) is 0 Å². The number of aryl methyl sites for hydroxylation is 1. The lowest BCUT2D eigenvalue weighted by atomic mass is 10.1. The first-order valence-electron chi connectivity index (χ1n) is 5.64. The maximum Gasteiger partial charge on any atom is -0.00297 e. The molecule has 0 aromatic heterocycles. The Morgan fingerprint density at radius 3 is 2.67 bits per heavy atom. The minimum atomic E-state index is 0.659. The zero-order valence-electron chi connectivity index (χ0n) is 9.49. The molecule has 1 aromatic rings. The van der Waals surface area contributed by atoms with E-state index in [0.717, 1.165) is 6.54 Å². The summed E-state index contributed by atoms with van der Waals surface area (Å²) in [7, 11) is 0. The van der Waals surface area contributed by atoms with E-state index in [1.165, 1.54) is 29.9 Å². The molecule has 0 heterocycles. The Hall–Kier alpha value is -0.470. The molecule has 1 unspecified atom stereocenters.